The summed E-state index contributed by atoms with van der Waals surface area (Å²) in [7, 11) is 0. The maximum atomic E-state index is 11.1. The molecule has 3 nitrogen and oxygen atoms in total. The molecule has 0 aliphatic carbocycles. The molecule has 1 rings (SSSR count). The Morgan fingerprint density at radius 2 is 2.50 bits per heavy atom. The zero-order valence-electron chi connectivity index (χ0n) is 7.62. The molecular formula is C9H15NO2. The number of nitrogens with zero attached hydrogens (tertiary/aromatic N) is 1. The molecule has 12 heavy (non-hydrogen) atoms. The van der Waals surface area contributed by atoms with Gasteiger partial charge in [-0.2, -0.15) is 0 Å². The van der Waals surface area contributed by atoms with Gasteiger partial charge in [0.2, 0.25) is 0 Å². The maximum Gasteiger partial charge on any atom is 0.410 e. The highest BCUT2D eigenvalue weighted by Gasteiger charge is 2.28. The fourth-order valence-electron chi connectivity index (χ4n) is 1.30. The molecule has 1 aliphatic rings. The summed E-state index contributed by atoms with van der Waals surface area (Å²) in [4.78, 5) is 12.9. The molecule has 1 aliphatic heterocycles. The predicted octanol–water partition coefficient (Wildman–Crippen LogP) is 1.79. The number of carbonyl (C=O) groups is 1. The molecule has 3 heteroatoms. The van der Waals surface area contributed by atoms with Crippen molar-refractivity contribution in [2.24, 2.45) is 0 Å². The molecule has 1 unspecified atom stereocenters. The van der Waals surface area contributed by atoms with Crippen molar-refractivity contribution >= 4 is 6.09 Å². The van der Waals surface area contributed by atoms with E-state index in [1.54, 1.807) is 4.90 Å². The van der Waals surface area contributed by atoms with Crippen LogP contribution >= 0.6 is 0 Å². The highest BCUT2D eigenvalue weighted by atomic mass is 16.6. The van der Waals surface area contributed by atoms with Crippen LogP contribution in [0.4, 0.5) is 4.79 Å². The molecule has 1 amide bonds. The molecule has 68 valence electrons. The van der Waals surface area contributed by atoms with Crippen LogP contribution in [0.3, 0.4) is 0 Å². The van der Waals surface area contributed by atoms with Crippen LogP contribution in [-0.4, -0.2) is 30.2 Å². The van der Waals surface area contributed by atoms with E-state index in [1.165, 1.54) is 0 Å². The van der Waals surface area contributed by atoms with E-state index >= 15 is 0 Å². The third-order valence-electron chi connectivity index (χ3n) is 1.81. The SMILES string of the molecule is CC=CC1CN(CCC)C(=O)O1. The standard InChI is InChI=1S/C9H15NO2/c1-3-5-8-7-10(6-4-2)9(11)12-8/h3,5,8H,4,6-7H2,1-2H3. The fraction of sp³-hybridized carbons (Fsp3) is 0.667. The van der Waals surface area contributed by atoms with Crippen LogP contribution in [0.1, 0.15) is 20.3 Å². The van der Waals surface area contributed by atoms with E-state index in [2.05, 4.69) is 6.92 Å². The summed E-state index contributed by atoms with van der Waals surface area (Å²) in [5.41, 5.74) is 0. The van der Waals surface area contributed by atoms with Gasteiger partial charge in [-0.15, -0.1) is 0 Å². The Labute approximate surface area is 73.0 Å². The number of cyclic esters (lactones) is 1. The van der Waals surface area contributed by atoms with Gasteiger partial charge in [0.1, 0.15) is 6.10 Å². The van der Waals surface area contributed by atoms with E-state index in [4.69, 9.17) is 4.74 Å². The van der Waals surface area contributed by atoms with E-state index < -0.39 is 0 Å². The third kappa shape index (κ3) is 2.00. The highest BCUT2D eigenvalue weighted by molar-refractivity contribution is 5.70. The van der Waals surface area contributed by atoms with Crippen LogP contribution in [-0.2, 0) is 4.74 Å². The zero-order valence-corrected chi connectivity index (χ0v) is 7.62. The fourth-order valence-corrected chi connectivity index (χ4v) is 1.30. The molecule has 0 N–H and O–H groups in total. The van der Waals surface area contributed by atoms with E-state index in [0.29, 0.717) is 6.54 Å². The topological polar surface area (TPSA) is 29.5 Å². The van der Waals surface area contributed by atoms with Crippen molar-refractivity contribution in [1.29, 1.82) is 0 Å². The minimum atomic E-state index is -0.181. The molecule has 0 radical (unpaired) electrons. The van der Waals surface area contributed by atoms with Crippen LogP contribution in [0.25, 0.3) is 0 Å². The van der Waals surface area contributed by atoms with Gasteiger partial charge in [-0.3, -0.25) is 0 Å². The lowest BCUT2D eigenvalue weighted by atomic mass is 10.3. The molecule has 0 aromatic rings. The second-order valence-corrected chi connectivity index (χ2v) is 2.89. The summed E-state index contributed by atoms with van der Waals surface area (Å²) in [6.07, 6.45) is 4.59. The Balaban J connectivity index is 2.44. The van der Waals surface area contributed by atoms with Gasteiger partial charge in [0, 0.05) is 6.54 Å². The van der Waals surface area contributed by atoms with Crippen LogP contribution in [0.5, 0.6) is 0 Å². The first-order chi connectivity index (χ1) is 5.77. The number of rotatable bonds is 3. The number of hydrogen-bond donors (Lipinski definition) is 0. The van der Waals surface area contributed by atoms with Gasteiger partial charge in [-0.05, 0) is 19.4 Å². The molecule has 0 aromatic carbocycles. The van der Waals surface area contributed by atoms with Gasteiger partial charge < -0.3 is 9.64 Å². The van der Waals surface area contributed by atoms with Gasteiger partial charge in [0.05, 0.1) is 6.54 Å². The minimum Gasteiger partial charge on any atom is -0.440 e. The Morgan fingerprint density at radius 1 is 1.75 bits per heavy atom. The minimum absolute atomic E-state index is 0.0333. The first-order valence-electron chi connectivity index (χ1n) is 4.36. The van der Waals surface area contributed by atoms with Crippen molar-refractivity contribution in [3.63, 3.8) is 0 Å². The maximum absolute atomic E-state index is 11.1. The molecule has 0 aromatic heterocycles. The molecule has 0 saturated carbocycles. The summed E-state index contributed by atoms with van der Waals surface area (Å²) in [5.74, 6) is 0. The van der Waals surface area contributed by atoms with Crippen LogP contribution in [0.2, 0.25) is 0 Å². The summed E-state index contributed by atoms with van der Waals surface area (Å²) < 4.78 is 5.07. The number of allylic oxidation sites excluding steroid dienone is 1. The summed E-state index contributed by atoms with van der Waals surface area (Å²) in [5, 5.41) is 0. The summed E-state index contributed by atoms with van der Waals surface area (Å²) in [6, 6.07) is 0. The van der Waals surface area contributed by atoms with Gasteiger partial charge in [0.25, 0.3) is 0 Å². The lowest BCUT2D eigenvalue weighted by molar-refractivity contribution is 0.145. The van der Waals surface area contributed by atoms with Crippen LogP contribution < -0.4 is 0 Å². The molecule has 0 spiro atoms. The summed E-state index contributed by atoms with van der Waals surface area (Å²) in [6.45, 7) is 5.48. The number of hydrogen-bond acceptors (Lipinski definition) is 2. The Kier molecular flexibility index (Phi) is 3.14. The zero-order chi connectivity index (χ0) is 8.97. The van der Waals surface area contributed by atoms with Crippen molar-refractivity contribution in [1.82, 2.24) is 4.90 Å². The van der Waals surface area contributed by atoms with Crippen molar-refractivity contribution in [3.8, 4) is 0 Å². The molecule has 1 saturated heterocycles. The highest BCUT2D eigenvalue weighted by Crippen LogP contribution is 2.12. The molecular weight excluding hydrogens is 154 g/mol. The largest absolute Gasteiger partial charge is 0.440 e. The van der Waals surface area contributed by atoms with Crippen LogP contribution in [0.15, 0.2) is 12.2 Å². The van der Waals surface area contributed by atoms with Crippen molar-refractivity contribution in [3.05, 3.63) is 12.2 Å². The van der Waals surface area contributed by atoms with Gasteiger partial charge in [-0.1, -0.05) is 13.0 Å². The average molecular weight is 169 g/mol. The van der Waals surface area contributed by atoms with Gasteiger partial charge in [-0.25, -0.2) is 4.79 Å². The number of amides is 1. The Bertz CT molecular complexity index is 189. The normalized spacial score (nSPS) is 23.7. The lowest BCUT2D eigenvalue weighted by Crippen LogP contribution is -2.25. The van der Waals surface area contributed by atoms with Crippen LogP contribution in [0, 0.1) is 0 Å². The lowest BCUT2D eigenvalue weighted by Gasteiger charge is -2.09. The number of carbonyl (C=O) groups excluding carboxylic acids is 1. The van der Waals surface area contributed by atoms with Crippen molar-refractivity contribution < 1.29 is 9.53 Å². The van der Waals surface area contributed by atoms with E-state index in [1.807, 2.05) is 19.1 Å². The molecule has 1 fully saturated rings. The Morgan fingerprint density at radius 3 is 3.08 bits per heavy atom. The van der Waals surface area contributed by atoms with Gasteiger partial charge in [0.15, 0.2) is 0 Å². The van der Waals surface area contributed by atoms with Crippen molar-refractivity contribution in [2.45, 2.75) is 26.4 Å². The van der Waals surface area contributed by atoms with E-state index in [0.717, 1.165) is 13.0 Å². The smallest absolute Gasteiger partial charge is 0.410 e. The third-order valence-corrected chi connectivity index (χ3v) is 1.81. The summed E-state index contributed by atoms with van der Waals surface area (Å²) >= 11 is 0. The first kappa shape index (κ1) is 9.10. The molecule has 1 heterocycles. The van der Waals surface area contributed by atoms with Crippen molar-refractivity contribution in [2.75, 3.05) is 13.1 Å². The second kappa shape index (κ2) is 4.14. The second-order valence-electron chi connectivity index (χ2n) is 2.89. The molecule has 1 atom stereocenters. The van der Waals surface area contributed by atoms with Gasteiger partial charge >= 0.3 is 6.09 Å². The number of ether oxygens (including phenoxy) is 1. The predicted molar refractivity (Wildman–Crippen MR) is 46.9 cm³/mol. The molecule has 0 bridgehead atoms. The van der Waals surface area contributed by atoms with E-state index in [9.17, 15) is 4.79 Å². The first-order valence-corrected chi connectivity index (χ1v) is 4.36. The van der Waals surface area contributed by atoms with E-state index in [-0.39, 0.29) is 12.2 Å². The average Bonchev–Trinajstić information content (AvgIpc) is 2.34. The Hall–Kier alpha value is -0.990. The quantitative estimate of drug-likeness (QED) is 0.603. The monoisotopic (exact) mass is 169 g/mol.